The van der Waals surface area contributed by atoms with Crippen molar-refractivity contribution in [2.24, 2.45) is 0 Å². The molecule has 1 aromatic heterocycles. The first-order valence-electron chi connectivity index (χ1n) is 4.56. The first kappa shape index (κ1) is 7.56. The van der Waals surface area contributed by atoms with Crippen molar-refractivity contribution in [2.75, 3.05) is 0 Å². The third-order valence-electron chi connectivity index (χ3n) is 2.48. The molecule has 2 aromatic rings. The lowest BCUT2D eigenvalue weighted by molar-refractivity contribution is -0.114. The number of allylic oxidation sites excluding steroid dienone is 1. The van der Waals surface area contributed by atoms with E-state index in [-0.39, 0.29) is 5.78 Å². The minimum atomic E-state index is 0.108. The Morgan fingerprint density at radius 1 is 1.14 bits per heavy atom. The lowest BCUT2D eigenvalue weighted by Gasteiger charge is -2.00. The number of carbonyl (C=O) groups excluding carboxylic acids is 1. The Labute approximate surface area is 80.8 Å². The Morgan fingerprint density at radius 2 is 2.00 bits per heavy atom. The molecule has 0 saturated carbocycles. The maximum absolute atomic E-state index is 11.2. The summed E-state index contributed by atoms with van der Waals surface area (Å²) in [4.78, 5) is 11.2. The maximum Gasteiger partial charge on any atom is 0.163 e. The molecule has 0 spiro atoms. The summed E-state index contributed by atoms with van der Waals surface area (Å²) in [5, 5.41) is 1.09. The zero-order chi connectivity index (χ0) is 9.54. The second-order valence-electron chi connectivity index (χ2n) is 3.41. The van der Waals surface area contributed by atoms with Crippen LogP contribution in [0.4, 0.5) is 0 Å². The molecule has 0 bridgehead atoms. The van der Waals surface area contributed by atoms with Crippen LogP contribution in [0, 0.1) is 0 Å². The molecule has 14 heavy (non-hydrogen) atoms. The van der Waals surface area contributed by atoms with Crippen molar-refractivity contribution in [2.45, 2.75) is 6.42 Å². The van der Waals surface area contributed by atoms with Crippen LogP contribution in [0.15, 0.2) is 34.8 Å². The Kier molecular flexibility index (Phi) is 1.39. The molecule has 0 N–H and O–H groups in total. The van der Waals surface area contributed by atoms with Crippen LogP contribution in [0.25, 0.3) is 17.0 Å². The summed E-state index contributed by atoms with van der Waals surface area (Å²) in [6.07, 6.45) is 3.85. The molecule has 2 nitrogen and oxygen atoms in total. The van der Waals surface area contributed by atoms with Gasteiger partial charge in [0.05, 0.1) is 6.42 Å². The van der Waals surface area contributed by atoms with Crippen LogP contribution in [0.3, 0.4) is 0 Å². The van der Waals surface area contributed by atoms with Crippen molar-refractivity contribution < 1.29 is 9.21 Å². The lowest BCUT2D eigenvalue weighted by atomic mass is 10.0. The maximum atomic E-state index is 11.2. The third-order valence-corrected chi connectivity index (χ3v) is 2.48. The topological polar surface area (TPSA) is 30.2 Å². The number of ketones is 1. The van der Waals surface area contributed by atoms with E-state index in [2.05, 4.69) is 0 Å². The van der Waals surface area contributed by atoms with Gasteiger partial charge in [-0.2, -0.15) is 0 Å². The summed E-state index contributed by atoms with van der Waals surface area (Å²) < 4.78 is 5.59. The van der Waals surface area contributed by atoms with Gasteiger partial charge in [-0.1, -0.05) is 18.2 Å². The summed E-state index contributed by atoms with van der Waals surface area (Å²) in [5.41, 5.74) is 1.91. The molecular weight excluding hydrogens is 176 g/mol. The number of para-hydroxylation sites is 1. The normalized spacial score (nSPS) is 14.7. The summed E-state index contributed by atoms with van der Waals surface area (Å²) in [5.74, 6) is 0.898. The SMILES string of the molecule is O=C1C=Cc2c(oc3ccccc23)C1. The molecule has 0 unspecified atom stereocenters. The minimum absolute atomic E-state index is 0.108. The van der Waals surface area contributed by atoms with Crippen LogP contribution in [0.2, 0.25) is 0 Å². The molecule has 0 radical (unpaired) electrons. The molecule has 3 rings (SSSR count). The molecule has 2 heteroatoms. The Hall–Kier alpha value is -1.83. The van der Waals surface area contributed by atoms with Gasteiger partial charge >= 0.3 is 0 Å². The van der Waals surface area contributed by atoms with E-state index in [1.165, 1.54) is 0 Å². The van der Waals surface area contributed by atoms with Gasteiger partial charge in [-0.15, -0.1) is 0 Å². The van der Waals surface area contributed by atoms with Gasteiger partial charge < -0.3 is 4.42 Å². The highest BCUT2D eigenvalue weighted by Gasteiger charge is 2.17. The van der Waals surface area contributed by atoms with E-state index >= 15 is 0 Å². The highest BCUT2D eigenvalue weighted by Crippen LogP contribution is 2.29. The van der Waals surface area contributed by atoms with Gasteiger partial charge in [0.1, 0.15) is 11.3 Å². The van der Waals surface area contributed by atoms with E-state index < -0.39 is 0 Å². The second kappa shape index (κ2) is 2.58. The molecular formula is C12H8O2. The average molecular weight is 184 g/mol. The zero-order valence-electron chi connectivity index (χ0n) is 7.49. The Bertz CT molecular complexity index is 546. The van der Waals surface area contributed by atoms with E-state index in [1.54, 1.807) is 6.08 Å². The van der Waals surface area contributed by atoms with Crippen LogP contribution in [-0.2, 0) is 11.2 Å². The fourth-order valence-electron chi connectivity index (χ4n) is 1.82. The Balaban J connectivity index is 2.37. The number of hydrogen-bond donors (Lipinski definition) is 0. The standard InChI is InChI=1S/C12H8O2/c13-8-5-6-10-9-3-1-2-4-11(9)14-12(10)7-8/h1-6H,7H2. The second-order valence-corrected chi connectivity index (χ2v) is 3.41. The highest BCUT2D eigenvalue weighted by atomic mass is 16.3. The molecule has 0 fully saturated rings. The molecule has 1 aliphatic carbocycles. The van der Waals surface area contributed by atoms with Crippen molar-refractivity contribution in [3.8, 4) is 0 Å². The summed E-state index contributed by atoms with van der Waals surface area (Å²) in [7, 11) is 0. The molecule has 68 valence electrons. The van der Waals surface area contributed by atoms with Crippen molar-refractivity contribution in [1.82, 2.24) is 0 Å². The van der Waals surface area contributed by atoms with E-state index in [4.69, 9.17) is 4.42 Å². The molecule has 0 amide bonds. The van der Waals surface area contributed by atoms with Crippen LogP contribution in [0.1, 0.15) is 11.3 Å². The van der Waals surface area contributed by atoms with Crippen molar-refractivity contribution in [1.29, 1.82) is 0 Å². The minimum Gasteiger partial charge on any atom is -0.460 e. The average Bonchev–Trinajstić information content (AvgIpc) is 2.54. The van der Waals surface area contributed by atoms with Crippen LogP contribution >= 0.6 is 0 Å². The fraction of sp³-hybridized carbons (Fsp3) is 0.0833. The van der Waals surface area contributed by atoms with Gasteiger partial charge in [-0.25, -0.2) is 0 Å². The van der Waals surface area contributed by atoms with Gasteiger partial charge in [0.15, 0.2) is 5.78 Å². The number of carbonyl (C=O) groups is 1. The monoisotopic (exact) mass is 184 g/mol. The van der Waals surface area contributed by atoms with Crippen LogP contribution in [-0.4, -0.2) is 5.78 Å². The van der Waals surface area contributed by atoms with Gasteiger partial charge in [-0.3, -0.25) is 4.79 Å². The predicted octanol–water partition coefficient (Wildman–Crippen LogP) is 2.57. The zero-order valence-corrected chi connectivity index (χ0v) is 7.49. The number of furan rings is 1. The largest absolute Gasteiger partial charge is 0.460 e. The molecule has 1 heterocycles. The molecule has 1 aliphatic rings. The fourth-order valence-corrected chi connectivity index (χ4v) is 1.82. The van der Waals surface area contributed by atoms with E-state index in [0.29, 0.717) is 6.42 Å². The van der Waals surface area contributed by atoms with Crippen molar-refractivity contribution >= 4 is 22.8 Å². The van der Waals surface area contributed by atoms with Gasteiger partial charge in [0.25, 0.3) is 0 Å². The molecule has 0 aliphatic heterocycles. The van der Waals surface area contributed by atoms with Crippen LogP contribution in [0.5, 0.6) is 0 Å². The van der Waals surface area contributed by atoms with E-state index in [0.717, 1.165) is 22.3 Å². The van der Waals surface area contributed by atoms with Gasteiger partial charge in [0.2, 0.25) is 0 Å². The van der Waals surface area contributed by atoms with Gasteiger partial charge in [0, 0.05) is 10.9 Å². The van der Waals surface area contributed by atoms with E-state index in [9.17, 15) is 4.79 Å². The summed E-state index contributed by atoms with van der Waals surface area (Å²) in [6, 6.07) is 7.84. The predicted molar refractivity (Wildman–Crippen MR) is 54.0 cm³/mol. The number of rotatable bonds is 0. The van der Waals surface area contributed by atoms with E-state index in [1.807, 2.05) is 30.3 Å². The van der Waals surface area contributed by atoms with Gasteiger partial charge in [-0.05, 0) is 18.2 Å². The molecule has 0 atom stereocenters. The summed E-state index contributed by atoms with van der Waals surface area (Å²) in [6.45, 7) is 0. The molecule has 1 aromatic carbocycles. The smallest absolute Gasteiger partial charge is 0.163 e. The van der Waals surface area contributed by atoms with Crippen molar-refractivity contribution in [3.63, 3.8) is 0 Å². The number of fused-ring (bicyclic) bond motifs is 3. The highest BCUT2D eigenvalue weighted by molar-refractivity contribution is 6.02. The quantitative estimate of drug-likeness (QED) is 0.629. The molecule has 0 saturated heterocycles. The third kappa shape index (κ3) is 0.940. The van der Waals surface area contributed by atoms with Crippen molar-refractivity contribution in [3.05, 3.63) is 41.7 Å². The first-order chi connectivity index (χ1) is 6.84. The summed E-state index contributed by atoms with van der Waals surface area (Å²) >= 11 is 0. The lowest BCUT2D eigenvalue weighted by Crippen LogP contribution is -2.02. The van der Waals surface area contributed by atoms with Crippen LogP contribution < -0.4 is 0 Å². The Morgan fingerprint density at radius 3 is 2.93 bits per heavy atom. The number of benzene rings is 1. The number of hydrogen-bond acceptors (Lipinski definition) is 2. The first-order valence-corrected chi connectivity index (χ1v) is 4.56.